The fourth-order valence-electron chi connectivity index (χ4n) is 4.61. The van der Waals surface area contributed by atoms with Crippen molar-refractivity contribution >= 4 is 22.7 Å². The van der Waals surface area contributed by atoms with Gasteiger partial charge in [-0.15, -0.1) is 0 Å². The number of ether oxygens (including phenoxy) is 1. The minimum absolute atomic E-state index is 0.0535. The molecule has 0 radical (unpaired) electrons. The van der Waals surface area contributed by atoms with Crippen LogP contribution < -0.4 is 10.1 Å². The molecule has 1 aliphatic rings. The Morgan fingerprint density at radius 2 is 1.49 bits per heavy atom. The topological polar surface area (TPSA) is 78.9 Å². The van der Waals surface area contributed by atoms with Crippen LogP contribution in [0.3, 0.4) is 0 Å². The maximum Gasteiger partial charge on any atom is 0.325 e. The smallest absolute Gasteiger partial charge is 0.325 e. The van der Waals surface area contributed by atoms with Gasteiger partial charge in [-0.05, 0) is 22.6 Å². The summed E-state index contributed by atoms with van der Waals surface area (Å²) in [5, 5.41) is 15.6. The molecular formula is C29H26N2O4. The normalized spacial score (nSPS) is 18.5. The van der Waals surface area contributed by atoms with Gasteiger partial charge in [0, 0.05) is 11.8 Å². The molecule has 0 aliphatic carbocycles. The lowest BCUT2D eigenvalue weighted by atomic mass is 9.83. The fourth-order valence-corrected chi connectivity index (χ4v) is 4.61. The van der Waals surface area contributed by atoms with E-state index in [1.54, 1.807) is 0 Å². The van der Waals surface area contributed by atoms with Gasteiger partial charge in [-0.2, -0.15) is 0 Å². The zero-order chi connectivity index (χ0) is 24.3. The zero-order valence-electron chi connectivity index (χ0n) is 19.1. The SMILES string of the molecule is O=C1N[C@](Cc2ccccc2)(c2ccccc2)C(=O)N1C[C@H](O)COc1cccc2ccccc12. The molecule has 6 nitrogen and oxygen atoms in total. The van der Waals surface area contributed by atoms with Crippen molar-refractivity contribution < 1.29 is 19.4 Å². The van der Waals surface area contributed by atoms with Crippen molar-refractivity contribution in [1.29, 1.82) is 0 Å². The Hall–Kier alpha value is -4.16. The minimum atomic E-state index is -1.24. The van der Waals surface area contributed by atoms with Gasteiger partial charge in [0.05, 0.1) is 6.54 Å². The number of amides is 3. The van der Waals surface area contributed by atoms with Crippen molar-refractivity contribution in [2.24, 2.45) is 0 Å². The third-order valence-corrected chi connectivity index (χ3v) is 6.33. The lowest BCUT2D eigenvalue weighted by Crippen LogP contribution is -2.46. The van der Waals surface area contributed by atoms with Gasteiger partial charge in [0.1, 0.15) is 18.5 Å². The quantitative estimate of drug-likeness (QED) is 0.380. The fraction of sp³-hybridized carbons (Fsp3) is 0.172. The molecule has 0 saturated carbocycles. The predicted molar refractivity (Wildman–Crippen MR) is 134 cm³/mol. The molecule has 2 N–H and O–H groups in total. The molecule has 4 aromatic rings. The zero-order valence-corrected chi connectivity index (χ0v) is 19.1. The molecule has 0 unspecified atom stereocenters. The first-order valence-corrected chi connectivity index (χ1v) is 11.6. The average Bonchev–Trinajstić information content (AvgIpc) is 3.13. The van der Waals surface area contributed by atoms with E-state index in [4.69, 9.17) is 4.74 Å². The first-order valence-electron chi connectivity index (χ1n) is 11.6. The lowest BCUT2D eigenvalue weighted by molar-refractivity contribution is -0.132. The van der Waals surface area contributed by atoms with Crippen molar-refractivity contribution in [3.8, 4) is 5.75 Å². The molecule has 1 heterocycles. The Labute approximate surface area is 203 Å². The second-order valence-electron chi connectivity index (χ2n) is 8.72. The van der Waals surface area contributed by atoms with Crippen LogP contribution in [0.5, 0.6) is 5.75 Å². The van der Waals surface area contributed by atoms with Crippen molar-refractivity contribution in [3.05, 3.63) is 114 Å². The van der Waals surface area contributed by atoms with E-state index in [-0.39, 0.29) is 19.1 Å². The number of urea groups is 1. The van der Waals surface area contributed by atoms with Gasteiger partial charge in [0.2, 0.25) is 0 Å². The summed E-state index contributed by atoms with van der Waals surface area (Å²) < 4.78 is 5.87. The molecule has 1 saturated heterocycles. The van der Waals surface area contributed by atoms with E-state index < -0.39 is 17.7 Å². The summed E-state index contributed by atoms with van der Waals surface area (Å²) in [6.45, 7) is -0.221. The number of fused-ring (bicyclic) bond motifs is 1. The second-order valence-corrected chi connectivity index (χ2v) is 8.72. The number of imide groups is 1. The van der Waals surface area contributed by atoms with Gasteiger partial charge in [-0.1, -0.05) is 97.1 Å². The van der Waals surface area contributed by atoms with Crippen LogP contribution in [0.1, 0.15) is 11.1 Å². The number of benzene rings is 4. The van der Waals surface area contributed by atoms with Crippen LogP contribution in [0.15, 0.2) is 103 Å². The first kappa shape index (κ1) is 22.6. The largest absolute Gasteiger partial charge is 0.490 e. The number of carbonyl (C=O) groups excluding carboxylic acids is 2. The summed E-state index contributed by atoms with van der Waals surface area (Å²) in [5.41, 5.74) is 0.383. The second kappa shape index (κ2) is 9.60. The number of aliphatic hydroxyl groups is 1. The molecule has 3 amide bonds. The molecule has 1 aliphatic heterocycles. The third kappa shape index (κ3) is 4.48. The third-order valence-electron chi connectivity index (χ3n) is 6.33. The maximum atomic E-state index is 13.7. The molecule has 0 spiro atoms. The van der Waals surface area contributed by atoms with Gasteiger partial charge in [0.25, 0.3) is 5.91 Å². The van der Waals surface area contributed by atoms with E-state index in [1.807, 2.05) is 103 Å². The summed E-state index contributed by atoms with van der Waals surface area (Å²) in [6, 6.07) is 31.8. The van der Waals surface area contributed by atoms with E-state index in [0.717, 1.165) is 21.2 Å². The number of nitrogens with zero attached hydrogens (tertiary/aromatic N) is 1. The summed E-state index contributed by atoms with van der Waals surface area (Å²) in [7, 11) is 0. The Morgan fingerprint density at radius 1 is 0.829 bits per heavy atom. The molecule has 5 rings (SSSR count). The van der Waals surface area contributed by atoms with Crippen LogP contribution in [-0.4, -0.2) is 41.2 Å². The number of aliphatic hydroxyl groups excluding tert-OH is 1. The highest BCUT2D eigenvalue weighted by Crippen LogP contribution is 2.33. The van der Waals surface area contributed by atoms with E-state index in [9.17, 15) is 14.7 Å². The van der Waals surface area contributed by atoms with Crippen LogP contribution in [0.25, 0.3) is 10.8 Å². The van der Waals surface area contributed by atoms with Gasteiger partial charge in [-0.3, -0.25) is 9.69 Å². The van der Waals surface area contributed by atoms with Crippen molar-refractivity contribution in [1.82, 2.24) is 10.2 Å². The highest BCUT2D eigenvalue weighted by Gasteiger charge is 2.52. The average molecular weight is 467 g/mol. The maximum absolute atomic E-state index is 13.7. The molecule has 176 valence electrons. The van der Waals surface area contributed by atoms with Crippen LogP contribution in [0.2, 0.25) is 0 Å². The van der Waals surface area contributed by atoms with Gasteiger partial charge < -0.3 is 15.2 Å². The summed E-state index contributed by atoms with van der Waals surface area (Å²) in [5.74, 6) is 0.254. The highest BCUT2D eigenvalue weighted by molar-refractivity contribution is 6.07. The number of rotatable bonds is 8. The Kier molecular flexibility index (Phi) is 6.21. The number of hydrogen-bond acceptors (Lipinski definition) is 4. The van der Waals surface area contributed by atoms with E-state index in [0.29, 0.717) is 17.7 Å². The lowest BCUT2D eigenvalue weighted by Gasteiger charge is -2.28. The van der Waals surface area contributed by atoms with E-state index in [2.05, 4.69) is 5.32 Å². The predicted octanol–water partition coefficient (Wildman–Crippen LogP) is 4.27. The standard InChI is InChI=1S/C29H26N2O4/c32-24(20-35-26-17-9-13-22-12-7-8-16-25(22)26)19-31-27(33)29(30-28(31)34,23-14-5-2-6-15-23)18-21-10-3-1-4-11-21/h1-17,24,32H,18-20H2,(H,30,34)/t24-,29+/m0/s1. The van der Waals surface area contributed by atoms with Crippen molar-refractivity contribution in [2.45, 2.75) is 18.1 Å². The number of carbonyl (C=O) groups is 2. The van der Waals surface area contributed by atoms with Gasteiger partial charge in [-0.25, -0.2) is 4.79 Å². The Morgan fingerprint density at radius 3 is 2.26 bits per heavy atom. The monoisotopic (exact) mass is 466 g/mol. The molecule has 6 heteroatoms. The minimum Gasteiger partial charge on any atom is -0.490 e. The highest BCUT2D eigenvalue weighted by atomic mass is 16.5. The number of β-amino-alcohol motifs (C(OH)–C–C–N with tert-alkyl or cyclic N) is 1. The Balaban J connectivity index is 1.34. The van der Waals surface area contributed by atoms with E-state index >= 15 is 0 Å². The van der Waals surface area contributed by atoms with Crippen LogP contribution in [-0.2, 0) is 16.8 Å². The molecule has 35 heavy (non-hydrogen) atoms. The van der Waals surface area contributed by atoms with Gasteiger partial charge >= 0.3 is 6.03 Å². The molecular weight excluding hydrogens is 440 g/mol. The van der Waals surface area contributed by atoms with Crippen LogP contribution in [0.4, 0.5) is 4.79 Å². The van der Waals surface area contributed by atoms with Gasteiger partial charge in [0.15, 0.2) is 5.54 Å². The number of hydrogen-bond donors (Lipinski definition) is 2. The van der Waals surface area contributed by atoms with E-state index in [1.165, 1.54) is 0 Å². The first-order chi connectivity index (χ1) is 17.1. The summed E-state index contributed by atoms with van der Waals surface area (Å²) >= 11 is 0. The summed E-state index contributed by atoms with van der Waals surface area (Å²) in [4.78, 5) is 27.8. The van der Waals surface area contributed by atoms with Crippen LogP contribution >= 0.6 is 0 Å². The molecule has 0 aromatic heterocycles. The molecule has 1 fully saturated rings. The van der Waals surface area contributed by atoms with Crippen molar-refractivity contribution in [2.75, 3.05) is 13.2 Å². The van der Waals surface area contributed by atoms with Crippen LogP contribution in [0, 0.1) is 0 Å². The molecule has 2 atom stereocenters. The Bertz CT molecular complexity index is 1340. The number of nitrogens with one attached hydrogen (secondary N) is 1. The molecule has 4 aromatic carbocycles. The molecule has 0 bridgehead atoms. The van der Waals surface area contributed by atoms with Crippen molar-refractivity contribution in [3.63, 3.8) is 0 Å². The summed E-state index contributed by atoms with van der Waals surface area (Å²) in [6.07, 6.45) is -0.742.